The Labute approximate surface area is 213 Å². The van der Waals surface area contributed by atoms with Gasteiger partial charge in [-0.3, -0.25) is 4.79 Å². The Hall–Kier alpha value is -1.63. The molecule has 35 heavy (non-hydrogen) atoms. The maximum Gasteiger partial charge on any atom is 0.223 e. The largest absolute Gasteiger partial charge is 0.396 e. The van der Waals surface area contributed by atoms with E-state index in [-0.39, 0.29) is 35.3 Å². The molecule has 4 aliphatic rings. The minimum absolute atomic E-state index is 0.0273. The Morgan fingerprint density at radius 2 is 1.94 bits per heavy atom. The van der Waals surface area contributed by atoms with Gasteiger partial charge in [0.25, 0.3) is 0 Å². The van der Waals surface area contributed by atoms with Crippen LogP contribution in [0.2, 0.25) is 5.02 Å². The molecule has 0 bridgehead atoms. The van der Waals surface area contributed by atoms with Gasteiger partial charge in [-0.25, -0.2) is 8.42 Å². The molecule has 6 atom stereocenters. The first-order valence-corrected chi connectivity index (χ1v) is 15.0. The van der Waals surface area contributed by atoms with Crippen LogP contribution in [-0.2, 0) is 14.6 Å². The fourth-order valence-electron chi connectivity index (χ4n) is 7.00. The third-order valence-corrected chi connectivity index (χ3v) is 11.3. The van der Waals surface area contributed by atoms with E-state index in [1.54, 1.807) is 18.2 Å². The van der Waals surface area contributed by atoms with Crippen LogP contribution in [0.5, 0.6) is 0 Å². The van der Waals surface area contributed by atoms with Crippen molar-refractivity contribution in [3.63, 3.8) is 0 Å². The molecular weight excluding hydrogens is 482 g/mol. The van der Waals surface area contributed by atoms with Crippen molar-refractivity contribution in [2.75, 3.05) is 6.61 Å². The molecule has 5 rings (SSSR count). The minimum atomic E-state index is -3.71. The fourth-order valence-corrected chi connectivity index (χ4v) is 9.24. The summed E-state index contributed by atoms with van der Waals surface area (Å²) in [6.45, 7) is 2.00. The van der Waals surface area contributed by atoms with Gasteiger partial charge in [0, 0.05) is 17.5 Å². The van der Waals surface area contributed by atoms with Crippen molar-refractivity contribution < 1.29 is 18.3 Å². The van der Waals surface area contributed by atoms with Crippen LogP contribution in [0.25, 0.3) is 0 Å². The number of aliphatic hydroxyl groups excluding tert-OH is 1. The van der Waals surface area contributed by atoms with Crippen molar-refractivity contribution in [2.24, 2.45) is 29.6 Å². The summed E-state index contributed by atoms with van der Waals surface area (Å²) in [5.41, 5.74) is 1.75. The lowest BCUT2D eigenvalue weighted by Crippen LogP contribution is -2.42. The molecule has 0 spiro atoms. The number of carbonyl (C=O) groups is 1. The van der Waals surface area contributed by atoms with E-state index in [1.807, 2.05) is 6.08 Å². The number of sulfone groups is 1. The van der Waals surface area contributed by atoms with E-state index in [1.165, 1.54) is 25.3 Å². The van der Waals surface area contributed by atoms with Gasteiger partial charge in [0.1, 0.15) is 0 Å². The molecule has 0 saturated heterocycles. The predicted octanol–water partition coefficient (Wildman–Crippen LogP) is 5.09. The molecular formula is C28H36ClNO4S. The molecule has 190 valence electrons. The topological polar surface area (TPSA) is 83.5 Å². The third kappa shape index (κ3) is 4.99. The number of aliphatic hydroxyl groups is 1. The lowest BCUT2D eigenvalue weighted by molar-refractivity contribution is -0.126. The second kappa shape index (κ2) is 10.0. The molecule has 0 aromatic heterocycles. The molecule has 3 fully saturated rings. The van der Waals surface area contributed by atoms with Gasteiger partial charge in [-0.15, -0.1) is 0 Å². The second-order valence-corrected chi connectivity index (χ2v) is 13.7. The number of hydrogen-bond acceptors (Lipinski definition) is 4. The monoisotopic (exact) mass is 517 g/mol. The van der Waals surface area contributed by atoms with E-state index in [0.717, 1.165) is 35.8 Å². The quantitative estimate of drug-likeness (QED) is 0.550. The molecule has 5 nitrogen and oxygen atoms in total. The van der Waals surface area contributed by atoms with Crippen molar-refractivity contribution in [1.82, 2.24) is 5.32 Å². The average Bonchev–Trinajstić information content (AvgIpc) is 3.45. The maximum absolute atomic E-state index is 13.7. The summed E-state index contributed by atoms with van der Waals surface area (Å²) in [5.74, 6) is 2.00. The Bertz CT molecular complexity index is 1130. The first-order chi connectivity index (χ1) is 16.8. The van der Waals surface area contributed by atoms with Crippen LogP contribution in [0.1, 0.15) is 58.3 Å². The highest BCUT2D eigenvalue weighted by Crippen LogP contribution is 2.49. The number of allylic oxidation sites excluding steroid dienone is 1. The molecule has 0 aliphatic heterocycles. The van der Waals surface area contributed by atoms with Crippen LogP contribution in [-0.4, -0.2) is 37.3 Å². The molecule has 0 heterocycles. The van der Waals surface area contributed by atoms with Gasteiger partial charge >= 0.3 is 0 Å². The fraction of sp³-hybridized carbons (Fsp3) is 0.607. The van der Waals surface area contributed by atoms with Gasteiger partial charge in [0.2, 0.25) is 5.91 Å². The third-order valence-electron chi connectivity index (χ3n) is 9.01. The van der Waals surface area contributed by atoms with Crippen molar-refractivity contribution in [2.45, 2.75) is 74.5 Å². The van der Waals surface area contributed by atoms with Crippen LogP contribution in [0.3, 0.4) is 0 Å². The molecule has 2 N–H and O–H groups in total. The molecule has 4 aliphatic carbocycles. The summed E-state index contributed by atoms with van der Waals surface area (Å²) < 4.78 is 27.3. The smallest absolute Gasteiger partial charge is 0.223 e. The van der Waals surface area contributed by atoms with Gasteiger partial charge in [0.15, 0.2) is 9.84 Å². The van der Waals surface area contributed by atoms with E-state index in [2.05, 4.69) is 18.3 Å². The second-order valence-electron chi connectivity index (χ2n) is 11.2. The Morgan fingerprint density at radius 3 is 2.63 bits per heavy atom. The SMILES string of the molecule is C[C@H](C(=O)N[C@H]1C=C2C(=CC1)C[C@@H](CO)CC2S(=O)(=O)c1cccc(Cl)c1)C1CC2CCCC2C1. The van der Waals surface area contributed by atoms with Crippen LogP contribution in [0.15, 0.2) is 52.5 Å². The normalized spacial score (nSPS) is 33.3. The van der Waals surface area contributed by atoms with Gasteiger partial charge in [-0.1, -0.05) is 56.0 Å². The van der Waals surface area contributed by atoms with Crippen LogP contribution in [0.4, 0.5) is 0 Å². The van der Waals surface area contributed by atoms with E-state index < -0.39 is 15.1 Å². The van der Waals surface area contributed by atoms with E-state index >= 15 is 0 Å². The first-order valence-electron chi connectivity index (χ1n) is 13.1. The number of hydrogen-bond donors (Lipinski definition) is 2. The van der Waals surface area contributed by atoms with Crippen molar-refractivity contribution in [1.29, 1.82) is 0 Å². The number of nitrogens with one attached hydrogen (secondary N) is 1. The Morgan fingerprint density at radius 1 is 1.20 bits per heavy atom. The number of rotatable bonds is 6. The number of fused-ring (bicyclic) bond motifs is 2. The average molecular weight is 518 g/mol. The lowest BCUT2D eigenvalue weighted by Gasteiger charge is -2.36. The highest BCUT2D eigenvalue weighted by molar-refractivity contribution is 7.92. The Kier molecular flexibility index (Phi) is 7.17. The summed E-state index contributed by atoms with van der Waals surface area (Å²) in [6, 6.07) is 6.16. The van der Waals surface area contributed by atoms with Crippen molar-refractivity contribution in [3.8, 4) is 0 Å². The van der Waals surface area contributed by atoms with E-state index in [0.29, 0.717) is 30.2 Å². The molecule has 0 radical (unpaired) electrons. The Balaban J connectivity index is 1.34. The summed E-state index contributed by atoms with van der Waals surface area (Å²) in [5, 5.41) is 12.7. The number of benzene rings is 1. The maximum atomic E-state index is 13.7. The minimum Gasteiger partial charge on any atom is -0.396 e. The van der Waals surface area contributed by atoms with Gasteiger partial charge in [-0.2, -0.15) is 0 Å². The molecule has 3 unspecified atom stereocenters. The highest BCUT2D eigenvalue weighted by Gasteiger charge is 2.42. The predicted molar refractivity (Wildman–Crippen MR) is 138 cm³/mol. The van der Waals surface area contributed by atoms with Crippen molar-refractivity contribution in [3.05, 3.63) is 52.6 Å². The number of amides is 1. The summed E-state index contributed by atoms with van der Waals surface area (Å²) in [4.78, 5) is 13.4. The summed E-state index contributed by atoms with van der Waals surface area (Å²) in [6.07, 6.45) is 12.0. The molecule has 1 amide bonds. The van der Waals surface area contributed by atoms with Crippen LogP contribution in [0, 0.1) is 29.6 Å². The van der Waals surface area contributed by atoms with Crippen LogP contribution >= 0.6 is 11.6 Å². The standard InChI is InChI=1S/C28H36ClNO4S/c1-17(22-12-19-4-2-5-20(19)13-22)28(32)30-24-9-8-21-10-18(16-31)11-27(26(21)15-24)35(33,34)25-7-3-6-23(29)14-25/h3,6-8,14-15,17-20,22,24,27,31H,2,4-5,9-13,16H2,1H3,(H,30,32)/t17-,18+,19?,20?,22?,24+,27?/m0/s1. The molecule has 1 aromatic rings. The molecule has 7 heteroatoms. The lowest BCUT2D eigenvalue weighted by atomic mass is 9.78. The number of carbonyl (C=O) groups excluding carboxylic acids is 1. The summed E-state index contributed by atoms with van der Waals surface area (Å²) >= 11 is 6.10. The molecule has 3 saturated carbocycles. The van der Waals surface area contributed by atoms with E-state index in [9.17, 15) is 18.3 Å². The highest BCUT2D eigenvalue weighted by atomic mass is 35.5. The van der Waals surface area contributed by atoms with Crippen molar-refractivity contribution >= 4 is 27.3 Å². The zero-order valence-electron chi connectivity index (χ0n) is 20.3. The van der Waals surface area contributed by atoms with Gasteiger partial charge in [-0.05, 0) is 85.1 Å². The first kappa shape index (κ1) is 25.0. The van der Waals surface area contributed by atoms with E-state index in [4.69, 9.17) is 11.6 Å². The zero-order valence-corrected chi connectivity index (χ0v) is 21.9. The summed E-state index contributed by atoms with van der Waals surface area (Å²) in [7, 11) is -3.71. The zero-order chi connectivity index (χ0) is 24.7. The number of halogens is 1. The molecule has 1 aromatic carbocycles. The van der Waals surface area contributed by atoms with Crippen LogP contribution < -0.4 is 5.32 Å². The van der Waals surface area contributed by atoms with Gasteiger partial charge in [0.05, 0.1) is 16.2 Å². The van der Waals surface area contributed by atoms with Gasteiger partial charge < -0.3 is 10.4 Å².